The Kier molecular flexibility index (Phi) is 3.98. The van der Waals surface area contributed by atoms with Crippen LogP contribution in [0, 0.1) is 20.8 Å². The van der Waals surface area contributed by atoms with Crippen LogP contribution in [-0.2, 0) is 16.9 Å². The molecule has 1 atom stereocenters. The van der Waals surface area contributed by atoms with Crippen molar-refractivity contribution in [3.8, 4) is 6.01 Å². The SMILES string of the molecule is COc1ncc(CN2C(=O)N[C@@](C)(c3cc(C)oc3C)C2=O)c(C)n1. The van der Waals surface area contributed by atoms with Crippen molar-refractivity contribution in [2.24, 2.45) is 0 Å². The van der Waals surface area contributed by atoms with Crippen molar-refractivity contribution in [2.45, 2.75) is 39.8 Å². The zero-order valence-corrected chi connectivity index (χ0v) is 14.8. The number of ether oxygens (including phenoxy) is 1. The van der Waals surface area contributed by atoms with Crippen molar-refractivity contribution in [1.82, 2.24) is 20.2 Å². The zero-order chi connectivity index (χ0) is 18.4. The van der Waals surface area contributed by atoms with Crippen molar-refractivity contribution in [1.29, 1.82) is 0 Å². The molecule has 1 N–H and O–H groups in total. The topological polar surface area (TPSA) is 97.6 Å². The van der Waals surface area contributed by atoms with Crippen LogP contribution in [0.1, 0.15) is 35.3 Å². The number of furan rings is 1. The average Bonchev–Trinajstić information content (AvgIpc) is 3.01. The number of hydrogen-bond donors (Lipinski definition) is 1. The van der Waals surface area contributed by atoms with Crippen molar-refractivity contribution in [3.05, 3.63) is 40.6 Å². The fourth-order valence-electron chi connectivity index (χ4n) is 3.04. The molecule has 0 unspecified atom stereocenters. The fourth-order valence-corrected chi connectivity index (χ4v) is 3.04. The minimum Gasteiger partial charge on any atom is -0.467 e. The van der Waals surface area contributed by atoms with Crippen LogP contribution in [0.3, 0.4) is 0 Å². The van der Waals surface area contributed by atoms with Gasteiger partial charge in [0.1, 0.15) is 17.1 Å². The van der Waals surface area contributed by atoms with E-state index in [1.54, 1.807) is 40.0 Å². The molecule has 2 aromatic heterocycles. The number of amides is 3. The summed E-state index contributed by atoms with van der Waals surface area (Å²) in [5, 5.41) is 2.77. The molecule has 0 aromatic carbocycles. The molecule has 0 aliphatic carbocycles. The van der Waals surface area contributed by atoms with Crippen molar-refractivity contribution < 1.29 is 18.7 Å². The number of aromatic nitrogens is 2. The van der Waals surface area contributed by atoms with Crippen molar-refractivity contribution in [3.63, 3.8) is 0 Å². The van der Waals surface area contributed by atoms with Crippen LogP contribution >= 0.6 is 0 Å². The minimum atomic E-state index is -1.15. The van der Waals surface area contributed by atoms with Crippen LogP contribution in [-0.4, -0.2) is 33.9 Å². The van der Waals surface area contributed by atoms with E-state index in [1.165, 1.54) is 12.0 Å². The first-order chi connectivity index (χ1) is 11.8. The molecule has 0 saturated carbocycles. The van der Waals surface area contributed by atoms with E-state index < -0.39 is 11.6 Å². The maximum atomic E-state index is 13.0. The lowest BCUT2D eigenvalue weighted by atomic mass is 9.92. The smallest absolute Gasteiger partial charge is 0.325 e. The number of urea groups is 1. The Morgan fingerprint density at radius 2 is 2.04 bits per heavy atom. The summed E-state index contributed by atoms with van der Waals surface area (Å²) in [6.07, 6.45) is 1.56. The van der Waals surface area contributed by atoms with Crippen LogP contribution in [0.2, 0.25) is 0 Å². The van der Waals surface area contributed by atoms with Gasteiger partial charge in [-0.25, -0.2) is 14.8 Å². The first-order valence-corrected chi connectivity index (χ1v) is 7.84. The summed E-state index contributed by atoms with van der Waals surface area (Å²) in [5.74, 6) is 0.963. The lowest BCUT2D eigenvalue weighted by Crippen LogP contribution is -2.41. The van der Waals surface area contributed by atoms with Crippen LogP contribution in [0.5, 0.6) is 6.01 Å². The third-order valence-electron chi connectivity index (χ3n) is 4.42. The number of rotatable bonds is 4. The third kappa shape index (κ3) is 2.73. The standard InChI is InChI=1S/C17H20N4O4/c1-9-6-13(11(3)25-9)17(4)14(22)21(16(23)20-17)8-12-7-18-15(24-5)19-10(12)2/h6-7H,8H2,1-5H3,(H,20,23)/t17-/m0/s1. The van der Waals surface area contributed by atoms with Gasteiger partial charge in [0.25, 0.3) is 5.91 Å². The first kappa shape index (κ1) is 16.9. The molecule has 0 radical (unpaired) electrons. The van der Waals surface area contributed by atoms with Gasteiger partial charge in [-0.3, -0.25) is 9.69 Å². The van der Waals surface area contributed by atoms with Crippen LogP contribution in [0.4, 0.5) is 4.79 Å². The van der Waals surface area contributed by atoms with Gasteiger partial charge in [-0.15, -0.1) is 0 Å². The Labute approximate surface area is 145 Å². The fraction of sp³-hybridized carbons (Fsp3) is 0.412. The van der Waals surface area contributed by atoms with Crippen LogP contribution in [0.25, 0.3) is 0 Å². The van der Waals surface area contributed by atoms with Gasteiger partial charge < -0.3 is 14.5 Å². The van der Waals surface area contributed by atoms with Gasteiger partial charge in [0, 0.05) is 23.0 Å². The number of imide groups is 1. The Morgan fingerprint density at radius 3 is 2.60 bits per heavy atom. The first-order valence-electron chi connectivity index (χ1n) is 7.84. The molecule has 25 heavy (non-hydrogen) atoms. The number of nitrogens with one attached hydrogen (secondary N) is 1. The number of hydrogen-bond acceptors (Lipinski definition) is 6. The van der Waals surface area contributed by atoms with E-state index in [4.69, 9.17) is 9.15 Å². The second kappa shape index (κ2) is 5.87. The van der Waals surface area contributed by atoms with Gasteiger partial charge in [0.05, 0.1) is 13.7 Å². The van der Waals surface area contributed by atoms with Gasteiger partial charge in [-0.2, -0.15) is 0 Å². The van der Waals surface area contributed by atoms with E-state index in [0.29, 0.717) is 28.3 Å². The van der Waals surface area contributed by atoms with Gasteiger partial charge in [-0.1, -0.05) is 0 Å². The summed E-state index contributed by atoms with van der Waals surface area (Å²) < 4.78 is 10.5. The highest BCUT2D eigenvalue weighted by Gasteiger charge is 2.50. The molecule has 1 aliphatic rings. The van der Waals surface area contributed by atoms with E-state index >= 15 is 0 Å². The van der Waals surface area contributed by atoms with Crippen LogP contribution in [0.15, 0.2) is 16.7 Å². The number of carbonyl (C=O) groups is 2. The molecule has 3 heterocycles. The van der Waals surface area contributed by atoms with Crippen molar-refractivity contribution in [2.75, 3.05) is 7.11 Å². The van der Waals surface area contributed by atoms with E-state index in [9.17, 15) is 9.59 Å². The lowest BCUT2D eigenvalue weighted by molar-refractivity contribution is -0.131. The maximum Gasteiger partial charge on any atom is 0.325 e. The highest BCUT2D eigenvalue weighted by molar-refractivity contribution is 6.07. The zero-order valence-electron chi connectivity index (χ0n) is 14.8. The van der Waals surface area contributed by atoms with E-state index in [1.807, 2.05) is 0 Å². The predicted octanol–water partition coefficient (Wildman–Crippen LogP) is 1.97. The second-order valence-electron chi connectivity index (χ2n) is 6.24. The normalized spacial score (nSPS) is 20.1. The molecule has 132 valence electrons. The molecule has 0 spiro atoms. The third-order valence-corrected chi connectivity index (χ3v) is 4.42. The lowest BCUT2D eigenvalue weighted by Gasteiger charge is -2.21. The molecule has 3 rings (SSSR count). The molecular formula is C17H20N4O4. The summed E-state index contributed by atoms with van der Waals surface area (Å²) in [4.78, 5) is 34.8. The summed E-state index contributed by atoms with van der Waals surface area (Å²) in [7, 11) is 1.48. The summed E-state index contributed by atoms with van der Waals surface area (Å²) in [6, 6.07) is 1.56. The molecule has 2 aromatic rings. The second-order valence-corrected chi connectivity index (χ2v) is 6.24. The molecule has 1 fully saturated rings. The molecule has 1 saturated heterocycles. The number of carbonyl (C=O) groups excluding carboxylic acids is 2. The Bertz CT molecular complexity index is 860. The highest BCUT2D eigenvalue weighted by Crippen LogP contribution is 2.33. The van der Waals surface area contributed by atoms with E-state index in [-0.39, 0.29) is 18.5 Å². The molecule has 0 bridgehead atoms. The molecular weight excluding hydrogens is 324 g/mol. The van der Waals surface area contributed by atoms with Gasteiger partial charge in [-0.05, 0) is 33.8 Å². The summed E-state index contributed by atoms with van der Waals surface area (Å²) >= 11 is 0. The minimum absolute atomic E-state index is 0.0893. The van der Waals surface area contributed by atoms with Gasteiger partial charge in [0.15, 0.2) is 0 Å². The van der Waals surface area contributed by atoms with Crippen molar-refractivity contribution >= 4 is 11.9 Å². The van der Waals surface area contributed by atoms with Gasteiger partial charge >= 0.3 is 12.0 Å². The Morgan fingerprint density at radius 1 is 1.32 bits per heavy atom. The Hall–Kier alpha value is -2.90. The van der Waals surface area contributed by atoms with Crippen LogP contribution < -0.4 is 10.1 Å². The largest absolute Gasteiger partial charge is 0.467 e. The summed E-state index contributed by atoms with van der Waals surface area (Å²) in [5.41, 5.74) is 0.832. The monoisotopic (exact) mass is 344 g/mol. The maximum absolute atomic E-state index is 13.0. The predicted molar refractivity (Wildman–Crippen MR) is 87.9 cm³/mol. The van der Waals surface area contributed by atoms with Gasteiger partial charge in [0.2, 0.25) is 0 Å². The molecule has 3 amide bonds. The molecule has 1 aliphatic heterocycles. The molecule has 8 heteroatoms. The average molecular weight is 344 g/mol. The number of nitrogens with zero attached hydrogens (tertiary/aromatic N) is 3. The quantitative estimate of drug-likeness (QED) is 0.852. The summed E-state index contributed by atoms with van der Waals surface area (Å²) in [6.45, 7) is 7.13. The highest BCUT2D eigenvalue weighted by atomic mass is 16.5. The Balaban J connectivity index is 1.90. The van der Waals surface area contributed by atoms with E-state index in [0.717, 1.165) is 0 Å². The number of methoxy groups -OCH3 is 1. The molecule has 8 nitrogen and oxygen atoms in total. The van der Waals surface area contributed by atoms with E-state index in [2.05, 4.69) is 15.3 Å². The number of aryl methyl sites for hydroxylation is 3.